The predicted octanol–water partition coefficient (Wildman–Crippen LogP) is 7.22. The molecule has 1 heteroatoms. The summed E-state index contributed by atoms with van der Waals surface area (Å²) in [5.41, 5.74) is 0. The molecule has 0 aromatic rings. The fraction of sp³-hybridized carbons (Fsp3) is 1.00. The molecule has 0 heterocycles. The highest BCUT2D eigenvalue weighted by atomic mass is 32.2. The number of hydrogen-bond donors (Lipinski definition) is 0. The van der Waals surface area contributed by atoms with Crippen molar-refractivity contribution in [2.24, 2.45) is 5.92 Å². The SMILES string of the molecule is CCCCCCCC[C@]1(SCCC)C[C@@H]1CCCCC. The van der Waals surface area contributed by atoms with Crippen molar-refractivity contribution in [1.29, 1.82) is 0 Å². The summed E-state index contributed by atoms with van der Waals surface area (Å²) in [6, 6.07) is 0. The van der Waals surface area contributed by atoms with Crippen LogP contribution in [0.4, 0.5) is 0 Å². The van der Waals surface area contributed by atoms with E-state index in [2.05, 4.69) is 32.5 Å². The largest absolute Gasteiger partial charge is 0.155 e. The molecule has 0 saturated heterocycles. The van der Waals surface area contributed by atoms with E-state index in [9.17, 15) is 0 Å². The number of unbranched alkanes of at least 4 members (excludes halogenated alkanes) is 7. The Balaban J connectivity index is 2.17. The third kappa shape index (κ3) is 6.87. The van der Waals surface area contributed by atoms with Gasteiger partial charge in [0, 0.05) is 4.75 Å². The van der Waals surface area contributed by atoms with Crippen LogP contribution in [0.5, 0.6) is 0 Å². The topological polar surface area (TPSA) is 0 Å². The summed E-state index contributed by atoms with van der Waals surface area (Å²) in [4.78, 5) is 0. The molecule has 0 N–H and O–H groups in total. The zero-order chi connectivity index (χ0) is 14.7. The monoisotopic (exact) mass is 298 g/mol. The van der Waals surface area contributed by atoms with Crippen molar-refractivity contribution in [1.82, 2.24) is 0 Å². The average molecular weight is 299 g/mol. The van der Waals surface area contributed by atoms with Gasteiger partial charge in [-0.15, -0.1) is 0 Å². The summed E-state index contributed by atoms with van der Waals surface area (Å²) in [5.74, 6) is 2.46. The Labute approximate surface area is 132 Å². The Kier molecular flexibility index (Phi) is 10.1. The molecule has 1 fully saturated rings. The summed E-state index contributed by atoms with van der Waals surface area (Å²) >= 11 is 2.32. The molecule has 0 amide bonds. The van der Waals surface area contributed by atoms with E-state index < -0.39 is 0 Å². The molecule has 0 bridgehead atoms. The van der Waals surface area contributed by atoms with Gasteiger partial charge in [0.1, 0.15) is 0 Å². The first kappa shape index (κ1) is 18.4. The molecule has 20 heavy (non-hydrogen) atoms. The molecule has 0 unspecified atom stereocenters. The highest BCUT2D eigenvalue weighted by Crippen LogP contribution is 2.59. The van der Waals surface area contributed by atoms with E-state index in [1.807, 2.05) is 0 Å². The molecule has 0 aromatic heterocycles. The van der Waals surface area contributed by atoms with E-state index in [4.69, 9.17) is 0 Å². The van der Waals surface area contributed by atoms with Crippen LogP contribution in [-0.4, -0.2) is 10.5 Å². The third-order valence-corrected chi connectivity index (χ3v) is 6.77. The Morgan fingerprint density at radius 1 is 0.800 bits per heavy atom. The van der Waals surface area contributed by atoms with Gasteiger partial charge in [-0.25, -0.2) is 0 Å². The molecule has 0 radical (unpaired) electrons. The lowest BCUT2D eigenvalue weighted by atomic mass is 10.0. The Morgan fingerprint density at radius 3 is 2.15 bits per heavy atom. The van der Waals surface area contributed by atoms with E-state index >= 15 is 0 Å². The summed E-state index contributed by atoms with van der Waals surface area (Å²) in [6.07, 6.45) is 18.9. The van der Waals surface area contributed by atoms with Gasteiger partial charge >= 0.3 is 0 Å². The van der Waals surface area contributed by atoms with E-state index in [0.717, 1.165) is 10.7 Å². The van der Waals surface area contributed by atoms with Gasteiger partial charge in [0.2, 0.25) is 0 Å². The maximum atomic E-state index is 2.33. The second-order valence-corrected chi connectivity index (χ2v) is 8.34. The second kappa shape index (κ2) is 11.0. The van der Waals surface area contributed by atoms with Crippen molar-refractivity contribution in [3.8, 4) is 0 Å². The highest BCUT2D eigenvalue weighted by molar-refractivity contribution is 8.00. The molecule has 120 valence electrons. The van der Waals surface area contributed by atoms with Crippen LogP contribution >= 0.6 is 11.8 Å². The lowest BCUT2D eigenvalue weighted by molar-refractivity contribution is 0.543. The lowest BCUT2D eigenvalue weighted by Gasteiger charge is -2.17. The van der Waals surface area contributed by atoms with Gasteiger partial charge in [-0.3, -0.25) is 0 Å². The quantitative estimate of drug-likeness (QED) is 0.305. The van der Waals surface area contributed by atoms with E-state index in [1.165, 1.54) is 89.2 Å². The van der Waals surface area contributed by atoms with Crippen molar-refractivity contribution in [2.75, 3.05) is 5.75 Å². The van der Waals surface area contributed by atoms with Gasteiger partial charge in [-0.1, -0.05) is 78.6 Å². The second-order valence-electron chi connectivity index (χ2n) is 6.83. The van der Waals surface area contributed by atoms with Gasteiger partial charge in [-0.05, 0) is 37.4 Å². The summed E-state index contributed by atoms with van der Waals surface area (Å²) in [5, 5.41) is 0. The molecule has 0 nitrogen and oxygen atoms in total. The van der Waals surface area contributed by atoms with Gasteiger partial charge in [0.15, 0.2) is 0 Å². The van der Waals surface area contributed by atoms with E-state index in [1.54, 1.807) is 0 Å². The predicted molar refractivity (Wildman–Crippen MR) is 95.7 cm³/mol. The smallest absolute Gasteiger partial charge is 0.0191 e. The number of thioether (sulfide) groups is 1. The van der Waals surface area contributed by atoms with Gasteiger partial charge in [-0.2, -0.15) is 11.8 Å². The fourth-order valence-electron chi connectivity index (χ4n) is 3.43. The van der Waals surface area contributed by atoms with E-state index in [0.29, 0.717) is 0 Å². The third-order valence-electron chi connectivity index (χ3n) is 4.88. The summed E-state index contributed by atoms with van der Waals surface area (Å²) in [6.45, 7) is 6.96. The summed E-state index contributed by atoms with van der Waals surface area (Å²) < 4.78 is 0.731. The van der Waals surface area contributed by atoms with Crippen molar-refractivity contribution < 1.29 is 0 Å². The fourth-order valence-corrected chi connectivity index (χ4v) is 5.00. The Morgan fingerprint density at radius 2 is 1.45 bits per heavy atom. The summed E-state index contributed by atoms with van der Waals surface area (Å²) in [7, 11) is 0. The van der Waals surface area contributed by atoms with Crippen LogP contribution in [0.1, 0.15) is 104 Å². The first-order valence-corrected chi connectivity index (χ1v) is 10.4. The number of hydrogen-bond acceptors (Lipinski definition) is 1. The van der Waals surface area contributed by atoms with Crippen LogP contribution in [0.15, 0.2) is 0 Å². The molecular formula is C19H38S. The zero-order valence-corrected chi connectivity index (χ0v) is 15.2. The van der Waals surface area contributed by atoms with Crippen LogP contribution in [-0.2, 0) is 0 Å². The van der Waals surface area contributed by atoms with Gasteiger partial charge < -0.3 is 0 Å². The van der Waals surface area contributed by atoms with Gasteiger partial charge in [0.05, 0.1) is 0 Å². The molecular weight excluding hydrogens is 260 g/mol. The van der Waals surface area contributed by atoms with Crippen molar-refractivity contribution in [3.05, 3.63) is 0 Å². The van der Waals surface area contributed by atoms with Crippen LogP contribution < -0.4 is 0 Å². The van der Waals surface area contributed by atoms with E-state index in [-0.39, 0.29) is 0 Å². The average Bonchev–Trinajstić information content (AvgIpc) is 3.14. The molecule has 2 atom stereocenters. The van der Waals surface area contributed by atoms with Crippen LogP contribution in [0.2, 0.25) is 0 Å². The first-order chi connectivity index (χ1) is 9.79. The standard InChI is InChI=1S/C19H38S/c1-4-7-9-10-11-13-15-19(20-16-6-3)17-18(19)14-12-8-5-2/h18H,4-17H2,1-3H3/t18-,19-/m0/s1. The van der Waals surface area contributed by atoms with Crippen LogP contribution in [0, 0.1) is 5.92 Å². The molecule has 1 aliphatic rings. The van der Waals surface area contributed by atoms with Crippen LogP contribution in [0.3, 0.4) is 0 Å². The minimum Gasteiger partial charge on any atom is -0.155 e. The molecule has 1 aliphatic carbocycles. The van der Waals surface area contributed by atoms with Crippen molar-refractivity contribution in [3.63, 3.8) is 0 Å². The zero-order valence-electron chi connectivity index (χ0n) is 14.4. The molecule has 1 saturated carbocycles. The molecule has 0 aliphatic heterocycles. The lowest BCUT2D eigenvalue weighted by Crippen LogP contribution is -2.08. The first-order valence-electron chi connectivity index (χ1n) is 9.43. The minimum atomic E-state index is 0.731. The maximum Gasteiger partial charge on any atom is 0.0191 e. The molecule has 0 aromatic carbocycles. The molecule has 1 rings (SSSR count). The molecule has 0 spiro atoms. The maximum absolute atomic E-state index is 2.33. The minimum absolute atomic E-state index is 0.731. The Hall–Kier alpha value is 0.350. The van der Waals surface area contributed by atoms with Crippen LogP contribution in [0.25, 0.3) is 0 Å². The highest BCUT2D eigenvalue weighted by Gasteiger charge is 2.52. The Bertz CT molecular complexity index is 226. The normalized spacial score (nSPS) is 25.1. The van der Waals surface area contributed by atoms with Crippen molar-refractivity contribution >= 4 is 11.8 Å². The van der Waals surface area contributed by atoms with Crippen molar-refractivity contribution in [2.45, 2.75) is 109 Å². The number of rotatable bonds is 14. The van der Waals surface area contributed by atoms with Gasteiger partial charge in [0.25, 0.3) is 0 Å².